The van der Waals surface area contributed by atoms with Gasteiger partial charge in [-0.05, 0) is 67.0 Å². The molecule has 2 aromatic heterocycles. The minimum absolute atomic E-state index is 0.0363. The normalized spacial score (nSPS) is 24.3. The van der Waals surface area contributed by atoms with Crippen molar-refractivity contribution in [2.24, 2.45) is 23.7 Å². The van der Waals surface area contributed by atoms with Gasteiger partial charge in [0.2, 0.25) is 0 Å². The van der Waals surface area contributed by atoms with Crippen molar-refractivity contribution in [3.05, 3.63) is 58.7 Å². The first kappa shape index (κ1) is 22.5. The van der Waals surface area contributed by atoms with Crippen LogP contribution < -0.4 is 4.74 Å². The molecule has 2 aliphatic heterocycles. The Morgan fingerprint density at radius 1 is 0.946 bits per heavy atom. The average molecular weight is 517 g/mol. The van der Waals surface area contributed by atoms with Crippen LogP contribution in [-0.4, -0.2) is 74.8 Å². The van der Waals surface area contributed by atoms with Crippen molar-refractivity contribution in [3.63, 3.8) is 0 Å². The highest BCUT2D eigenvalue weighted by molar-refractivity contribution is 6.31. The molecule has 0 bridgehead atoms. The highest BCUT2D eigenvalue weighted by atomic mass is 35.5. The van der Waals surface area contributed by atoms with Gasteiger partial charge in [0.05, 0.1) is 17.6 Å². The third kappa shape index (κ3) is 3.55. The van der Waals surface area contributed by atoms with Crippen LogP contribution in [-0.2, 0) is 0 Å². The van der Waals surface area contributed by atoms with Gasteiger partial charge in [-0.2, -0.15) is 0 Å². The number of halogens is 1. The van der Waals surface area contributed by atoms with Crippen LogP contribution in [0.1, 0.15) is 27.8 Å². The zero-order chi connectivity index (χ0) is 25.3. The molecule has 0 radical (unpaired) electrons. The van der Waals surface area contributed by atoms with E-state index in [1.165, 1.54) is 0 Å². The van der Waals surface area contributed by atoms with E-state index in [1.807, 2.05) is 41.0 Å². The van der Waals surface area contributed by atoms with Gasteiger partial charge in [-0.15, -0.1) is 5.10 Å². The van der Waals surface area contributed by atoms with Crippen molar-refractivity contribution >= 4 is 45.4 Å². The molecule has 7 rings (SSSR count). The summed E-state index contributed by atoms with van der Waals surface area (Å²) in [5.74, 6) is 2.26. The predicted molar refractivity (Wildman–Crippen MR) is 138 cm³/mol. The SMILES string of the molecule is CCOc1cc(C(=O)N2C[C@@H]3[C@H]4CN(C(=O)c5ccc6[nH]nnc6c5)C[C@H]4[C@@H]3C2)nc2ccc(Cl)cc12. The first-order valence-corrected chi connectivity index (χ1v) is 13.0. The van der Waals surface area contributed by atoms with Gasteiger partial charge in [-0.25, -0.2) is 4.98 Å². The van der Waals surface area contributed by atoms with Crippen LogP contribution in [0.5, 0.6) is 5.75 Å². The number of carbonyl (C=O) groups is 2. The topological polar surface area (TPSA) is 104 Å². The lowest BCUT2D eigenvalue weighted by Gasteiger charge is -2.42. The first-order valence-electron chi connectivity index (χ1n) is 12.6. The van der Waals surface area contributed by atoms with Crippen LogP contribution in [0, 0.1) is 23.7 Å². The van der Waals surface area contributed by atoms with Crippen LogP contribution in [0.2, 0.25) is 5.02 Å². The highest BCUT2D eigenvalue weighted by Gasteiger charge is 2.59. The second-order valence-electron chi connectivity index (χ2n) is 10.2. The number of fused-ring (bicyclic) bond motifs is 6. The Bertz CT molecular complexity index is 1550. The Balaban J connectivity index is 1.06. The maximum Gasteiger partial charge on any atom is 0.272 e. The molecule has 188 valence electrons. The number of carbonyl (C=O) groups excluding carboxylic acids is 2. The lowest BCUT2D eigenvalue weighted by molar-refractivity contribution is 0.0629. The van der Waals surface area contributed by atoms with Gasteiger partial charge in [0, 0.05) is 48.2 Å². The standard InChI is InChI=1S/C27H25ClN6O3/c1-2-37-25-9-24(29-21-6-4-15(28)8-16(21)25)27(36)34-12-19-17-10-33(11-18(17)20(19)13-34)26(35)14-3-5-22-23(7-14)31-32-30-22/h3-9,17-20H,2,10-13H2,1H3,(H,30,31,32)/t17-,18+,19+,20-. The number of H-pyrrole nitrogens is 1. The maximum atomic E-state index is 13.5. The molecule has 3 fully saturated rings. The number of hydrogen-bond donors (Lipinski definition) is 1. The summed E-state index contributed by atoms with van der Waals surface area (Å²) >= 11 is 6.18. The van der Waals surface area contributed by atoms with E-state index in [0.29, 0.717) is 76.4 Å². The molecule has 2 aromatic carbocycles. The van der Waals surface area contributed by atoms with Crippen LogP contribution in [0.3, 0.4) is 0 Å². The summed E-state index contributed by atoms with van der Waals surface area (Å²) < 4.78 is 5.82. The molecule has 1 aliphatic carbocycles. The highest BCUT2D eigenvalue weighted by Crippen LogP contribution is 2.54. The number of aromatic nitrogens is 4. The quantitative estimate of drug-likeness (QED) is 0.444. The molecule has 2 saturated heterocycles. The van der Waals surface area contributed by atoms with Gasteiger partial charge >= 0.3 is 0 Å². The number of likely N-dealkylation sites (tertiary alicyclic amines) is 2. The Morgan fingerprint density at radius 3 is 2.35 bits per heavy atom. The summed E-state index contributed by atoms with van der Waals surface area (Å²) in [7, 11) is 0. The molecule has 4 heterocycles. The lowest BCUT2D eigenvalue weighted by atomic mass is 9.60. The van der Waals surface area contributed by atoms with E-state index in [4.69, 9.17) is 16.3 Å². The van der Waals surface area contributed by atoms with E-state index in [0.717, 1.165) is 24.0 Å². The van der Waals surface area contributed by atoms with Gasteiger partial charge in [0.1, 0.15) is 17.0 Å². The van der Waals surface area contributed by atoms with Gasteiger partial charge in [0.25, 0.3) is 11.8 Å². The zero-order valence-corrected chi connectivity index (χ0v) is 21.0. The van der Waals surface area contributed by atoms with E-state index >= 15 is 0 Å². The Labute approximate surface area is 217 Å². The van der Waals surface area contributed by atoms with Gasteiger partial charge in [-0.3, -0.25) is 14.7 Å². The van der Waals surface area contributed by atoms with E-state index in [9.17, 15) is 9.59 Å². The number of ether oxygens (including phenoxy) is 1. The lowest BCUT2D eigenvalue weighted by Crippen LogP contribution is -2.44. The second kappa shape index (κ2) is 8.41. The fourth-order valence-corrected chi connectivity index (χ4v) is 6.75. The summed E-state index contributed by atoms with van der Waals surface area (Å²) in [4.78, 5) is 35.2. The molecule has 3 aliphatic rings. The maximum absolute atomic E-state index is 13.5. The zero-order valence-electron chi connectivity index (χ0n) is 20.2. The first-order chi connectivity index (χ1) is 18.0. The van der Waals surface area contributed by atoms with Gasteiger partial charge in [0.15, 0.2) is 0 Å². The Kier molecular flexibility index (Phi) is 5.11. The Hall–Kier alpha value is -3.72. The molecule has 0 spiro atoms. The molecule has 10 heteroatoms. The molecule has 0 unspecified atom stereocenters. The molecular formula is C27H25ClN6O3. The summed E-state index contributed by atoms with van der Waals surface area (Å²) in [5.41, 5.74) is 3.23. The molecule has 2 amide bonds. The van der Waals surface area contributed by atoms with Gasteiger partial charge < -0.3 is 14.5 Å². The van der Waals surface area contributed by atoms with Crippen molar-refractivity contribution in [1.82, 2.24) is 30.2 Å². The number of aromatic amines is 1. The fourth-order valence-electron chi connectivity index (χ4n) is 6.58. The number of benzene rings is 2. The van der Waals surface area contributed by atoms with Gasteiger partial charge in [-0.1, -0.05) is 16.8 Å². The summed E-state index contributed by atoms with van der Waals surface area (Å²) in [5, 5.41) is 12.0. The molecule has 4 atom stereocenters. The monoisotopic (exact) mass is 516 g/mol. The van der Waals surface area contributed by atoms with E-state index in [2.05, 4.69) is 20.4 Å². The van der Waals surface area contributed by atoms with Crippen LogP contribution in [0.15, 0.2) is 42.5 Å². The number of pyridine rings is 1. The summed E-state index contributed by atoms with van der Waals surface area (Å²) in [6.07, 6.45) is 0. The molecule has 9 nitrogen and oxygen atoms in total. The number of nitrogens with zero attached hydrogens (tertiary/aromatic N) is 5. The minimum Gasteiger partial charge on any atom is -0.493 e. The largest absolute Gasteiger partial charge is 0.493 e. The smallest absolute Gasteiger partial charge is 0.272 e. The summed E-state index contributed by atoms with van der Waals surface area (Å²) in [6, 6.07) is 12.6. The number of nitrogens with one attached hydrogen (secondary N) is 1. The van der Waals surface area contributed by atoms with E-state index in [1.54, 1.807) is 18.2 Å². The van der Waals surface area contributed by atoms with E-state index in [-0.39, 0.29) is 11.8 Å². The third-order valence-electron chi connectivity index (χ3n) is 8.32. The van der Waals surface area contributed by atoms with Crippen molar-refractivity contribution in [3.8, 4) is 5.75 Å². The van der Waals surface area contributed by atoms with Crippen LogP contribution >= 0.6 is 11.6 Å². The van der Waals surface area contributed by atoms with Crippen LogP contribution in [0.25, 0.3) is 21.9 Å². The molecule has 4 aromatic rings. The number of rotatable bonds is 4. The van der Waals surface area contributed by atoms with E-state index < -0.39 is 0 Å². The van der Waals surface area contributed by atoms with Crippen molar-refractivity contribution in [2.75, 3.05) is 32.8 Å². The predicted octanol–water partition coefficient (Wildman–Crippen LogP) is 3.65. The summed E-state index contributed by atoms with van der Waals surface area (Å²) in [6.45, 7) is 5.25. The fraction of sp³-hybridized carbons (Fsp3) is 0.370. The van der Waals surface area contributed by atoms with Crippen molar-refractivity contribution < 1.29 is 14.3 Å². The number of hydrogen-bond acceptors (Lipinski definition) is 6. The minimum atomic E-state index is -0.0703. The van der Waals surface area contributed by atoms with Crippen LogP contribution in [0.4, 0.5) is 0 Å². The second-order valence-corrected chi connectivity index (χ2v) is 10.7. The average Bonchev–Trinajstić information content (AvgIpc) is 3.62. The van der Waals surface area contributed by atoms with Crippen molar-refractivity contribution in [2.45, 2.75) is 6.92 Å². The molecular weight excluding hydrogens is 492 g/mol. The number of amides is 2. The molecule has 1 saturated carbocycles. The third-order valence-corrected chi connectivity index (χ3v) is 8.56. The Morgan fingerprint density at radius 2 is 1.65 bits per heavy atom. The molecule has 37 heavy (non-hydrogen) atoms. The molecule has 1 N–H and O–H groups in total. The van der Waals surface area contributed by atoms with Crippen molar-refractivity contribution in [1.29, 1.82) is 0 Å².